The van der Waals surface area contributed by atoms with E-state index in [2.05, 4.69) is 0 Å². The van der Waals surface area contributed by atoms with Crippen molar-refractivity contribution in [1.29, 1.82) is 0 Å². The highest BCUT2D eigenvalue weighted by molar-refractivity contribution is 6.42. The zero-order valence-electron chi connectivity index (χ0n) is 19.0. The van der Waals surface area contributed by atoms with Crippen LogP contribution in [0.25, 0.3) is 0 Å². The average Bonchev–Trinajstić information content (AvgIpc) is 3.10. The fourth-order valence-corrected chi connectivity index (χ4v) is 4.08. The molecule has 0 bridgehead atoms. The molecule has 3 aromatic rings. The summed E-state index contributed by atoms with van der Waals surface area (Å²) in [6, 6.07) is 12.4. The number of nitrogens with zero attached hydrogens (tertiary/aromatic N) is 3. The molecule has 36 heavy (non-hydrogen) atoms. The van der Waals surface area contributed by atoms with E-state index in [4.69, 9.17) is 23.2 Å². The summed E-state index contributed by atoms with van der Waals surface area (Å²) in [6.07, 6.45) is 0. The van der Waals surface area contributed by atoms with E-state index in [1.807, 2.05) is 13.8 Å². The van der Waals surface area contributed by atoms with Gasteiger partial charge in [-0.2, -0.15) is 5.01 Å². The number of hydrogen-bond donors (Lipinski definition) is 0. The second-order valence-electron chi connectivity index (χ2n) is 8.09. The van der Waals surface area contributed by atoms with E-state index >= 15 is 0 Å². The molecule has 0 N–H and O–H groups in total. The molecule has 0 saturated carbocycles. The molecule has 9 nitrogen and oxygen atoms in total. The molecule has 0 fully saturated rings. The van der Waals surface area contributed by atoms with E-state index in [9.17, 15) is 29.3 Å². The molecule has 0 aliphatic carbocycles. The topological polar surface area (TPSA) is 118 Å². The Kier molecular flexibility index (Phi) is 6.62. The molecular weight excluding hydrogens is 509 g/mol. The van der Waals surface area contributed by atoms with Crippen molar-refractivity contribution in [3.8, 4) is 0 Å². The first-order chi connectivity index (χ1) is 17.0. The molecule has 1 heterocycles. The zero-order chi connectivity index (χ0) is 26.3. The zero-order valence-corrected chi connectivity index (χ0v) is 20.5. The maximum atomic E-state index is 13.5. The number of carbonyl (C=O) groups excluding carboxylic acids is 4. The summed E-state index contributed by atoms with van der Waals surface area (Å²) in [5, 5.41) is 12.8. The molecule has 3 aromatic carbocycles. The van der Waals surface area contributed by atoms with Crippen molar-refractivity contribution in [2.45, 2.75) is 13.8 Å². The van der Waals surface area contributed by atoms with Gasteiger partial charge in [0.1, 0.15) is 12.1 Å². The lowest BCUT2D eigenvalue weighted by Gasteiger charge is -2.29. The van der Waals surface area contributed by atoms with Gasteiger partial charge in [0.25, 0.3) is 23.4 Å². The van der Waals surface area contributed by atoms with Gasteiger partial charge in [0.2, 0.25) is 0 Å². The number of aryl methyl sites for hydroxylation is 2. The summed E-state index contributed by atoms with van der Waals surface area (Å²) in [7, 11) is 0. The number of carbonyl (C=O) groups is 4. The molecule has 0 unspecified atom stereocenters. The number of nitro benzene ring substituents is 1. The smallest absolute Gasteiger partial charge is 0.287 e. The van der Waals surface area contributed by atoms with Crippen LogP contribution in [-0.2, 0) is 0 Å². The van der Waals surface area contributed by atoms with Gasteiger partial charge < -0.3 is 0 Å². The molecule has 0 atom stereocenters. The van der Waals surface area contributed by atoms with Crippen molar-refractivity contribution < 1.29 is 24.1 Å². The highest BCUT2D eigenvalue weighted by atomic mass is 35.5. The summed E-state index contributed by atoms with van der Waals surface area (Å²) >= 11 is 12.0. The van der Waals surface area contributed by atoms with Crippen LogP contribution in [0.2, 0.25) is 10.0 Å². The van der Waals surface area contributed by atoms with Crippen LogP contribution in [0, 0.1) is 24.0 Å². The molecule has 0 aromatic heterocycles. The fourth-order valence-electron chi connectivity index (χ4n) is 3.78. The minimum Gasteiger partial charge on any atom is -0.292 e. The third-order valence-electron chi connectivity index (χ3n) is 5.83. The van der Waals surface area contributed by atoms with Crippen LogP contribution in [-0.4, -0.2) is 45.0 Å². The second kappa shape index (κ2) is 9.52. The fraction of sp³-hybridized carbons (Fsp3) is 0.120. The maximum absolute atomic E-state index is 13.5. The van der Waals surface area contributed by atoms with Crippen LogP contribution >= 0.6 is 23.2 Å². The SMILES string of the molecule is Cc1ccc(C(=O)CN(C(=O)c2ccc(Cl)c(Cl)c2)N2C(=O)c3cccc([N+](=O)[O-])c3C2=O)cc1C. The number of hydrazine groups is 1. The van der Waals surface area contributed by atoms with Gasteiger partial charge in [0, 0.05) is 17.2 Å². The van der Waals surface area contributed by atoms with Crippen LogP contribution in [0.3, 0.4) is 0 Å². The van der Waals surface area contributed by atoms with E-state index in [0.717, 1.165) is 17.2 Å². The number of amides is 3. The van der Waals surface area contributed by atoms with Crippen LogP contribution in [0.4, 0.5) is 5.69 Å². The van der Waals surface area contributed by atoms with Gasteiger partial charge in [-0.1, -0.05) is 41.4 Å². The van der Waals surface area contributed by atoms with Crippen LogP contribution in [0.1, 0.15) is 52.6 Å². The highest BCUT2D eigenvalue weighted by Gasteiger charge is 2.46. The molecule has 11 heteroatoms. The Morgan fingerprint density at radius 1 is 0.917 bits per heavy atom. The van der Waals surface area contributed by atoms with Gasteiger partial charge in [0.15, 0.2) is 5.78 Å². The minimum atomic E-state index is -1.09. The van der Waals surface area contributed by atoms with E-state index in [-0.39, 0.29) is 26.7 Å². The summed E-state index contributed by atoms with van der Waals surface area (Å²) in [5.74, 6) is -3.52. The maximum Gasteiger partial charge on any atom is 0.287 e. The Balaban J connectivity index is 1.80. The average molecular weight is 526 g/mol. The van der Waals surface area contributed by atoms with Crippen LogP contribution in [0.5, 0.6) is 0 Å². The van der Waals surface area contributed by atoms with Crippen molar-refractivity contribution in [1.82, 2.24) is 10.0 Å². The molecule has 0 radical (unpaired) electrons. The number of nitro groups is 1. The predicted octanol–water partition coefficient (Wildman–Crippen LogP) is 5.05. The minimum absolute atomic E-state index is 0.0425. The lowest BCUT2D eigenvalue weighted by molar-refractivity contribution is -0.385. The Hall–Kier alpha value is -4.08. The van der Waals surface area contributed by atoms with Gasteiger partial charge in [-0.15, -0.1) is 0 Å². The number of Topliss-reactive ketones (excluding diaryl/α,β-unsaturated/α-hetero) is 1. The predicted molar refractivity (Wildman–Crippen MR) is 131 cm³/mol. The van der Waals surface area contributed by atoms with Crippen LogP contribution < -0.4 is 0 Å². The Morgan fingerprint density at radius 3 is 2.25 bits per heavy atom. The number of imide groups is 1. The molecule has 4 rings (SSSR count). The summed E-state index contributed by atoms with van der Waals surface area (Å²) in [6.45, 7) is 2.99. The number of benzene rings is 3. The van der Waals surface area contributed by atoms with E-state index in [1.165, 1.54) is 30.3 Å². The normalized spacial score (nSPS) is 12.5. The molecule has 1 aliphatic rings. The summed E-state index contributed by atoms with van der Waals surface area (Å²) in [4.78, 5) is 64.0. The van der Waals surface area contributed by atoms with Crippen molar-refractivity contribution in [3.05, 3.63) is 108 Å². The largest absolute Gasteiger partial charge is 0.292 e. The first kappa shape index (κ1) is 25.0. The number of fused-ring (bicyclic) bond motifs is 1. The van der Waals surface area contributed by atoms with E-state index in [0.29, 0.717) is 10.0 Å². The third kappa shape index (κ3) is 4.34. The molecule has 0 saturated heterocycles. The monoisotopic (exact) mass is 525 g/mol. The number of rotatable bonds is 6. The second-order valence-corrected chi connectivity index (χ2v) is 8.91. The number of hydrogen-bond acceptors (Lipinski definition) is 6. The summed E-state index contributed by atoms with van der Waals surface area (Å²) < 4.78 is 0. The van der Waals surface area contributed by atoms with Crippen molar-refractivity contribution in [2.75, 3.05) is 6.54 Å². The van der Waals surface area contributed by atoms with Gasteiger partial charge in [0.05, 0.1) is 20.5 Å². The lowest BCUT2D eigenvalue weighted by atomic mass is 10.0. The van der Waals surface area contributed by atoms with Gasteiger partial charge >= 0.3 is 0 Å². The number of ketones is 1. The van der Waals surface area contributed by atoms with Gasteiger partial charge in [-0.05, 0) is 55.3 Å². The molecule has 0 spiro atoms. The first-order valence-electron chi connectivity index (χ1n) is 10.5. The Labute approximate surface area is 214 Å². The van der Waals surface area contributed by atoms with Crippen molar-refractivity contribution in [3.63, 3.8) is 0 Å². The Bertz CT molecular complexity index is 1490. The van der Waals surface area contributed by atoms with Crippen molar-refractivity contribution >= 4 is 52.4 Å². The molecular formula is C25H17Cl2N3O6. The van der Waals surface area contributed by atoms with Crippen molar-refractivity contribution in [2.24, 2.45) is 0 Å². The summed E-state index contributed by atoms with van der Waals surface area (Å²) in [5.41, 5.74) is 0.687. The lowest BCUT2D eigenvalue weighted by Crippen LogP contribution is -2.51. The highest BCUT2D eigenvalue weighted by Crippen LogP contribution is 2.33. The number of halogens is 2. The molecule has 3 amide bonds. The van der Waals surface area contributed by atoms with Crippen LogP contribution in [0.15, 0.2) is 54.6 Å². The van der Waals surface area contributed by atoms with E-state index in [1.54, 1.807) is 18.2 Å². The molecule has 182 valence electrons. The molecule has 1 aliphatic heterocycles. The van der Waals surface area contributed by atoms with Gasteiger partial charge in [-0.25, -0.2) is 5.01 Å². The van der Waals surface area contributed by atoms with E-state index < -0.39 is 46.2 Å². The van der Waals surface area contributed by atoms with Gasteiger partial charge in [-0.3, -0.25) is 29.3 Å². The standard InChI is InChI=1S/C25H17Cl2N3O6/c1-13-6-7-15(10-14(13)2)21(31)12-28(23(32)16-8-9-18(26)19(27)11-16)29-24(33)17-4-3-5-20(30(35)36)22(17)25(29)34/h3-11H,12H2,1-2H3. The quantitative estimate of drug-likeness (QED) is 0.192. The third-order valence-corrected chi connectivity index (χ3v) is 6.57. The first-order valence-corrected chi connectivity index (χ1v) is 11.3. The Morgan fingerprint density at radius 2 is 1.61 bits per heavy atom.